The van der Waals surface area contributed by atoms with Crippen molar-refractivity contribution in [2.45, 2.75) is 48.6 Å². The predicted octanol–water partition coefficient (Wildman–Crippen LogP) is 0.741. The quantitative estimate of drug-likeness (QED) is 0.0162. The number of ether oxygens (including phenoxy) is 4. The molecule has 0 aliphatic heterocycles. The molecule has 6 aromatic rings. The molecule has 0 radical (unpaired) electrons. The summed E-state index contributed by atoms with van der Waals surface area (Å²) in [6.07, 6.45) is 11.5. The molecule has 0 heterocycles. The largest absolute Gasteiger partial charge is 1.00 e. The number of nitrogens with one attached hydrogen (secondary N) is 1. The van der Waals surface area contributed by atoms with Crippen molar-refractivity contribution in [2.75, 3.05) is 72.2 Å². The van der Waals surface area contributed by atoms with Crippen LogP contribution in [-0.2, 0) is 67.9 Å². The Morgan fingerprint density at radius 3 is 1.35 bits per heavy atom. The number of terminal acetylenes is 2. The van der Waals surface area contributed by atoms with Crippen LogP contribution in [0.4, 0.5) is 22.7 Å². The fourth-order valence-corrected chi connectivity index (χ4v) is 10.2. The average molecular weight is 1240 g/mol. The Labute approximate surface area is 556 Å². The van der Waals surface area contributed by atoms with Crippen molar-refractivity contribution >= 4 is 111 Å². The van der Waals surface area contributed by atoms with Gasteiger partial charge in [-0.2, -0.15) is 0 Å². The van der Waals surface area contributed by atoms with E-state index < -0.39 is 32.6 Å². The van der Waals surface area contributed by atoms with Gasteiger partial charge in [-0.3, -0.25) is 33.0 Å². The number of sulfonamides is 2. The topological polar surface area (TPSA) is 245 Å². The molecule has 1 N–H and O–H groups in total. The molecule has 24 heteroatoms. The predicted molar refractivity (Wildman–Crippen MR) is 297 cm³/mol. The maximum Gasteiger partial charge on any atom is 1.00 e. The van der Waals surface area contributed by atoms with Gasteiger partial charge in [0.15, 0.2) is 0 Å². The fourth-order valence-electron chi connectivity index (χ4n) is 7.44. The normalized spacial score (nSPS) is 11.0. The first-order chi connectivity index (χ1) is 36.8. The number of hydrogen-bond donors (Lipinski definition) is 1. The van der Waals surface area contributed by atoms with Crippen molar-refractivity contribution in [3.8, 4) is 24.7 Å². The van der Waals surface area contributed by atoms with Crippen LogP contribution in [0, 0.1) is 24.7 Å². The summed E-state index contributed by atoms with van der Waals surface area (Å²) in [6.45, 7) is 3.58. The van der Waals surface area contributed by atoms with Gasteiger partial charge in [0.25, 0.3) is 26.5 Å². The van der Waals surface area contributed by atoms with E-state index in [-0.39, 0.29) is 182 Å². The number of carbonyl (C=O) groups is 5. The third-order valence-electron chi connectivity index (χ3n) is 11.1. The minimum Gasteiger partial charge on any atom is -1.00 e. The summed E-state index contributed by atoms with van der Waals surface area (Å²) in [6, 6.07) is 37.2. The summed E-state index contributed by atoms with van der Waals surface area (Å²) in [5.41, 5.74) is 2.31. The smallest absolute Gasteiger partial charge is 1.00 e. The van der Waals surface area contributed by atoms with Gasteiger partial charge in [-0.15, -0.1) is 12.8 Å². The van der Waals surface area contributed by atoms with Gasteiger partial charge < -0.3 is 40.3 Å². The van der Waals surface area contributed by atoms with E-state index in [1.165, 1.54) is 40.6 Å². The molecule has 410 valence electrons. The van der Waals surface area contributed by atoms with E-state index in [1.807, 2.05) is 66.1 Å². The van der Waals surface area contributed by atoms with Crippen molar-refractivity contribution in [1.82, 2.24) is 0 Å². The monoisotopic (exact) mass is 1240 g/mol. The number of alkyl halides is 1. The molecule has 0 aromatic heterocycles. The summed E-state index contributed by atoms with van der Waals surface area (Å²) in [4.78, 5) is 61.2. The molecule has 0 saturated heterocycles. The number of halogens is 1. The molecule has 6 rings (SSSR count). The van der Waals surface area contributed by atoms with Gasteiger partial charge in [0, 0.05) is 45.0 Å². The van der Waals surface area contributed by atoms with Crippen LogP contribution < -0.4 is 127 Å². The number of esters is 4. The van der Waals surface area contributed by atoms with Crippen LogP contribution in [0.2, 0.25) is 0 Å². The van der Waals surface area contributed by atoms with E-state index in [4.69, 9.17) is 37.1 Å². The van der Waals surface area contributed by atoms with Gasteiger partial charge in [0.2, 0.25) is 0 Å². The molecule has 0 unspecified atom stereocenters. The van der Waals surface area contributed by atoms with E-state index >= 15 is 0 Å². The van der Waals surface area contributed by atoms with E-state index in [2.05, 4.69) is 42.1 Å². The van der Waals surface area contributed by atoms with Crippen LogP contribution in [0.3, 0.4) is 0 Å². The zero-order chi connectivity index (χ0) is 57.1. The molecule has 19 nitrogen and oxygen atoms in total. The number of nitrogens with zero attached hydrogens (tertiary/aromatic N) is 3. The van der Waals surface area contributed by atoms with Crippen molar-refractivity contribution in [1.29, 1.82) is 0 Å². The second-order valence-electron chi connectivity index (χ2n) is 16.0. The Hall–Kier alpha value is -4.88. The van der Waals surface area contributed by atoms with Crippen molar-refractivity contribution in [2.24, 2.45) is 0 Å². The fraction of sp³-hybridized carbons (Fsp3) is 0.255. The Morgan fingerprint density at radius 1 is 0.595 bits per heavy atom. The standard InChI is InChI=1S/C27H28N2O6S.C24H24N2O4S.C3H5BrO2.CH2O3.2K.H/c1-5-17-28(20(2)18-26(30)34-3)24-15-16-25(23-14-10-9-13-22(23)24)29(19-27(31)35-4)36(32,33)21-11-7-6-8-12-21;1-4-16-26(18(2)17-24(27)30-3)23-15-14-22(20-12-8-9-13-21(20)23)25-31(28,29)19-10-6-5-7-11-19;1-6-3(5)2-4;2-1-4-3;;;/h1,6-16,20H,17-19H2,2-4H3;1,5-15,18,25H,16-17H2,2-3H3;2H2,1H3;1,3H;;;/q;;;;2*+1;-1/p-1/t20-;18-;;;;;/m00...../s1. The Bertz CT molecular complexity index is 3260. The number of hydrogen-bond acceptors (Lipinski definition) is 17. The van der Waals surface area contributed by atoms with Crippen LogP contribution in [0.1, 0.15) is 28.1 Å². The van der Waals surface area contributed by atoms with Gasteiger partial charge in [0.1, 0.15) is 11.9 Å². The van der Waals surface area contributed by atoms with E-state index in [0.717, 1.165) is 26.5 Å². The number of benzene rings is 6. The molecular formula is C55H59BrK2N4O15S2. The Morgan fingerprint density at radius 2 is 0.962 bits per heavy atom. The molecule has 0 saturated carbocycles. The third-order valence-corrected chi connectivity index (χ3v) is 14.8. The zero-order valence-electron chi connectivity index (χ0n) is 46.0. The summed E-state index contributed by atoms with van der Waals surface area (Å²) >= 11 is 2.90. The average Bonchev–Trinajstić information content (AvgIpc) is 3.45. The summed E-state index contributed by atoms with van der Waals surface area (Å²) < 4.78 is 75.3. The minimum absolute atomic E-state index is 0. The minimum atomic E-state index is -4.10. The summed E-state index contributed by atoms with van der Waals surface area (Å²) in [5.74, 6) is 3.62. The number of carbonyl (C=O) groups excluding carboxylic acids is 5. The Balaban J connectivity index is 0.00000130. The van der Waals surface area contributed by atoms with Crippen molar-refractivity contribution in [3.05, 3.63) is 133 Å². The first kappa shape index (κ1) is 72.1. The van der Waals surface area contributed by atoms with E-state index in [0.29, 0.717) is 22.1 Å². The molecule has 6 aromatic carbocycles. The first-order valence-electron chi connectivity index (χ1n) is 23.0. The van der Waals surface area contributed by atoms with Crippen LogP contribution in [0.25, 0.3) is 21.5 Å². The molecule has 0 spiro atoms. The van der Waals surface area contributed by atoms with Crippen LogP contribution in [0.5, 0.6) is 0 Å². The van der Waals surface area contributed by atoms with E-state index in [9.17, 15) is 36.0 Å². The van der Waals surface area contributed by atoms with Crippen LogP contribution in [-0.4, -0.2) is 113 Å². The molecular weight excluding hydrogens is 1180 g/mol. The first-order valence-corrected chi connectivity index (χ1v) is 27.0. The van der Waals surface area contributed by atoms with Crippen molar-refractivity contribution in [3.63, 3.8) is 0 Å². The molecule has 79 heavy (non-hydrogen) atoms. The van der Waals surface area contributed by atoms with Crippen LogP contribution >= 0.6 is 15.9 Å². The number of fused-ring (bicyclic) bond motifs is 2. The van der Waals surface area contributed by atoms with Gasteiger partial charge in [0.05, 0.1) is 75.5 Å². The van der Waals surface area contributed by atoms with Gasteiger partial charge in [-0.25, -0.2) is 16.8 Å². The van der Waals surface area contributed by atoms with Gasteiger partial charge in [-0.05, 0) is 62.4 Å². The third kappa shape index (κ3) is 21.5. The molecule has 0 aliphatic rings. The van der Waals surface area contributed by atoms with Crippen molar-refractivity contribution < 1.29 is 174 Å². The second kappa shape index (κ2) is 37.2. The number of methoxy groups -OCH3 is 4. The summed E-state index contributed by atoms with van der Waals surface area (Å²) in [7, 11) is -2.61. The van der Waals surface area contributed by atoms with Crippen LogP contribution in [0.15, 0.2) is 143 Å². The second-order valence-corrected chi connectivity index (χ2v) is 20.1. The summed E-state index contributed by atoms with van der Waals surface area (Å²) in [5, 5.41) is 11.6. The maximum absolute atomic E-state index is 13.6. The Kier molecular flexibility index (Phi) is 34.0. The molecule has 0 fully saturated rings. The van der Waals surface area contributed by atoms with Gasteiger partial charge >= 0.3 is 127 Å². The van der Waals surface area contributed by atoms with Gasteiger partial charge in [-0.1, -0.05) is 113 Å². The molecule has 0 bridgehead atoms. The SMILES string of the molecule is C#CCN(c1ccc(N(CC(=O)OC)S(=O)(=O)c2ccccc2)c2ccccc12)[C@@H](C)CC(=O)OC.C#CCN(c1ccc(NS(=O)(=O)c2ccccc2)c2ccccc12)[C@@H](C)CC(=O)OC.COC(=O)CBr.O=CO[O-].[H-].[K+].[K+]. The molecule has 2 atom stereocenters. The van der Waals surface area contributed by atoms with E-state index in [1.54, 1.807) is 78.9 Å². The zero-order valence-corrected chi connectivity index (χ0v) is 54.5. The maximum atomic E-state index is 13.6. The molecule has 0 aliphatic carbocycles. The molecule has 0 amide bonds. The number of rotatable bonds is 20. The number of anilines is 4.